The molecule has 10 heteroatoms. The molecule has 0 aliphatic carbocycles. The molecule has 7 nitrogen and oxygen atoms in total. The molecule has 3 rings (SSSR count). The van der Waals surface area contributed by atoms with Crippen molar-refractivity contribution in [2.75, 3.05) is 6.61 Å². The standard InChI is InChI=1S/C13H17BrO2.C9H9BrO3.C8H7BrO2/c1-8(2)12(14)11-6-4-10(5-7-11)9(3)13(15)16;10-5-7-2-1-3-8(4-7)13-6-9(11)12;9-7(8(10)11)6-4-2-1-3-5-6/h4-9,12H,1-3H3,(H,15,16);1-4H,5-6H2,(H,11,12);1-5,7H,(H,10,11). The van der Waals surface area contributed by atoms with Crippen LogP contribution in [-0.4, -0.2) is 39.8 Å². The van der Waals surface area contributed by atoms with Crippen molar-refractivity contribution in [3.63, 3.8) is 0 Å². The first-order valence-electron chi connectivity index (χ1n) is 12.2. The highest BCUT2D eigenvalue weighted by molar-refractivity contribution is 9.09. The number of carboxylic acids is 3. The zero-order valence-electron chi connectivity index (χ0n) is 22.3. The van der Waals surface area contributed by atoms with Crippen molar-refractivity contribution in [1.82, 2.24) is 0 Å². The van der Waals surface area contributed by atoms with Crippen LogP contribution < -0.4 is 4.74 Å². The van der Waals surface area contributed by atoms with Gasteiger partial charge < -0.3 is 20.1 Å². The van der Waals surface area contributed by atoms with Gasteiger partial charge in [0, 0.05) is 10.2 Å². The molecule has 3 aromatic carbocycles. The predicted octanol–water partition coefficient (Wildman–Crippen LogP) is 8.22. The Balaban J connectivity index is 0.000000305. The highest BCUT2D eigenvalue weighted by Crippen LogP contribution is 2.31. The van der Waals surface area contributed by atoms with Crippen LogP contribution in [0.25, 0.3) is 0 Å². The average Bonchev–Trinajstić information content (AvgIpc) is 2.96. The van der Waals surface area contributed by atoms with Crippen LogP contribution in [0.5, 0.6) is 5.75 Å². The summed E-state index contributed by atoms with van der Waals surface area (Å²) in [5, 5.41) is 26.6. The van der Waals surface area contributed by atoms with Crippen LogP contribution in [0.15, 0.2) is 78.9 Å². The Morgan fingerprint density at radius 3 is 1.80 bits per heavy atom. The number of carbonyl (C=O) groups is 3. The molecule has 40 heavy (non-hydrogen) atoms. The number of aliphatic carboxylic acids is 3. The maximum atomic E-state index is 10.8. The van der Waals surface area contributed by atoms with Crippen LogP contribution in [-0.2, 0) is 19.7 Å². The van der Waals surface area contributed by atoms with Crippen LogP contribution >= 0.6 is 47.8 Å². The smallest absolute Gasteiger partial charge is 0.341 e. The predicted molar refractivity (Wildman–Crippen MR) is 167 cm³/mol. The number of halogens is 3. The van der Waals surface area contributed by atoms with Gasteiger partial charge in [0.2, 0.25) is 0 Å². The van der Waals surface area contributed by atoms with Gasteiger partial charge in [-0.15, -0.1) is 0 Å². The number of rotatable bonds is 10. The van der Waals surface area contributed by atoms with Crippen molar-refractivity contribution in [2.45, 2.75) is 41.7 Å². The van der Waals surface area contributed by atoms with Crippen molar-refractivity contribution in [3.8, 4) is 5.75 Å². The summed E-state index contributed by atoms with van der Waals surface area (Å²) in [6.45, 7) is 5.69. The van der Waals surface area contributed by atoms with Crippen molar-refractivity contribution >= 4 is 65.7 Å². The molecular formula is C30H33Br3O7. The quantitative estimate of drug-likeness (QED) is 0.179. The van der Waals surface area contributed by atoms with Gasteiger partial charge in [-0.1, -0.05) is 128 Å². The van der Waals surface area contributed by atoms with Gasteiger partial charge in [-0.2, -0.15) is 0 Å². The normalized spacial score (nSPS) is 12.5. The Morgan fingerprint density at radius 1 is 0.750 bits per heavy atom. The van der Waals surface area contributed by atoms with Crippen LogP contribution in [0.3, 0.4) is 0 Å². The summed E-state index contributed by atoms with van der Waals surface area (Å²) in [4.78, 5) is 31.2. The second kappa shape index (κ2) is 18.6. The van der Waals surface area contributed by atoms with Gasteiger partial charge in [0.1, 0.15) is 10.6 Å². The summed E-state index contributed by atoms with van der Waals surface area (Å²) in [7, 11) is 0. The van der Waals surface area contributed by atoms with Crippen molar-refractivity contribution in [2.24, 2.45) is 5.92 Å². The molecule has 0 aromatic heterocycles. The van der Waals surface area contributed by atoms with Crippen LogP contribution in [0.1, 0.15) is 58.6 Å². The molecule has 0 heterocycles. The number of ether oxygens (including phenoxy) is 1. The molecule has 216 valence electrons. The number of carboxylic acid groups (broad SMARTS) is 3. The summed E-state index contributed by atoms with van der Waals surface area (Å²) < 4.78 is 4.99. The van der Waals surface area contributed by atoms with Crippen molar-refractivity contribution in [3.05, 3.63) is 101 Å². The second-order valence-corrected chi connectivity index (χ2v) is 11.4. The van der Waals surface area contributed by atoms with E-state index in [0.717, 1.165) is 22.0 Å². The van der Waals surface area contributed by atoms with Gasteiger partial charge in [-0.25, -0.2) is 4.79 Å². The first-order valence-corrected chi connectivity index (χ1v) is 15.2. The van der Waals surface area contributed by atoms with E-state index < -0.39 is 28.7 Å². The minimum absolute atomic E-state index is 0.300. The fourth-order valence-electron chi connectivity index (χ4n) is 3.12. The molecular weight excluding hydrogens is 712 g/mol. The third kappa shape index (κ3) is 13.1. The lowest BCUT2D eigenvalue weighted by atomic mass is 9.97. The van der Waals surface area contributed by atoms with Gasteiger partial charge in [-0.05, 0) is 47.2 Å². The third-order valence-electron chi connectivity index (χ3n) is 5.43. The highest BCUT2D eigenvalue weighted by atomic mass is 79.9. The number of benzene rings is 3. The Bertz CT molecular complexity index is 1200. The van der Waals surface area contributed by atoms with Gasteiger partial charge in [0.25, 0.3) is 0 Å². The van der Waals surface area contributed by atoms with E-state index in [4.69, 9.17) is 20.1 Å². The molecule has 3 unspecified atom stereocenters. The minimum atomic E-state index is -0.968. The lowest BCUT2D eigenvalue weighted by Gasteiger charge is -2.15. The van der Waals surface area contributed by atoms with E-state index in [1.54, 1.807) is 31.2 Å². The Labute approximate surface area is 260 Å². The summed E-state index contributed by atoms with van der Waals surface area (Å²) >= 11 is 9.98. The van der Waals surface area contributed by atoms with E-state index in [2.05, 4.69) is 61.6 Å². The molecule has 0 saturated carbocycles. The Hall–Kier alpha value is -2.69. The topological polar surface area (TPSA) is 121 Å². The van der Waals surface area contributed by atoms with E-state index in [-0.39, 0.29) is 6.61 Å². The third-order valence-corrected chi connectivity index (χ3v) is 8.59. The fraction of sp³-hybridized carbons (Fsp3) is 0.300. The van der Waals surface area contributed by atoms with Crippen LogP contribution in [0, 0.1) is 5.92 Å². The molecule has 0 amide bonds. The molecule has 0 radical (unpaired) electrons. The number of alkyl halides is 3. The number of hydrogen-bond acceptors (Lipinski definition) is 4. The molecule has 0 aliphatic rings. The molecule has 0 bridgehead atoms. The SMILES string of the molecule is CC(C(=O)O)c1ccc(C(Br)C(C)C)cc1.O=C(O)C(Br)c1ccccc1.O=C(O)COc1cccc(CBr)c1. The minimum Gasteiger partial charge on any atom is -0.482 e. The molecule has 0 fully saturated rings. The van der Waals surface area contributed by atoms with E-state index in [1.165, 1.54) is 5.56 Å². The van der Waals surface area contributed by atoms with E-state index in [9.17, 15) is 14.4 Å². The molecule has 0 saturated heterocycles. The summed E-state index contributed by atoms with van der Waals surface area (Å²) in [6.07, 6.45) is 0. The maximum absolute atomic E-state index is 10.8. The summed E-state index contributed by atoms with van der Waals surface area (Å²) in [6, 6.07) is 24.1. The fourth-order valence-corrected chi connectivity index (χ4v) is 4.08. The van der Waals surface area contributed by atoms with Gasteiger partial charge in [0.05, 0.1) is 5.92 Å². The molecule has 0 spiro atoms. The van der Waals surface area contributed by atoms with Gasteiger partial charge in [-0.3, -0.25) is 9.59 Å². The molecule has 3 N–H and O–H groups in total. The largest absolute Gasteiger partial charge is 0.482 e. The van der Waals surface area contributed by atoms with Crippen LogP contribution in [0.2, 0.25) is 0 Å². The van der Waals surface area contributed by atoms with E-state index >= 15 is 0 Å². The highest BCUT2D eigenvalue weighted by Gasteiger charge is 2.16. The second-order valence-electron chi connectivity index (χ2n) is 8.95. The van der Waals surface area contributed by atoms with Crippen LogP contribution in [0.4, 0.5) is 0 Å². The summed E-state index contributed by atoms with van der Waals surface area (Å²) in [5.41, 5.74) is 3.86. The molecule has 3 aromatic rings. The molecule has 3 atom stereocenters. The van der Waals surface area contributed by atoms with E-state index in [1.807, 2.05) is 54.6 Å². The van der Waals surface area contributed by atoms with Gasteiger partial charge in [0.15, 0.2) is 6.61 Å². The van der Waals surface area contributed by atoms with Crippen molar-refractivity contribution < 1.29 is 34.4 Å². The number of hydrogen-bond donors (Lipinski definition) is 3. The molecule has 0 aliphatic heterocycles. The Kier molecular flexibility index (Phi) is 16.4. The summed E-state index contributed by atoms with van der Waals surface area (Å²) in [5.74, 6) is -1.96. The van der Waals surface area contributed by atoms with E-state index in [0.29, 0.717) is 16.5 Å². The lowest BCUT2D eigenvalue weighted by Crippen LogP contribution is -2.09. The maximum Gasteiger partial charge on any atom is 0.341 e. The zero-order valence-corrected chi connectivity index (χ0v) is 27.1. The average molecular weight is 745 g/mol. The lowest BCUT2D eigenvalue weighted by molar-refractivity contribution is -0.139. The zero-order chi connectivity index (χ0) is 30.2. The first kappa shape index (κ1) is 35.3. The Morgan fingerprint density at radius 2 is 1.32 bits per heavy atom. The monoisotopic (exact) mass is 742 g/mol. The first-order chi connectivity index (χ1) is 18.9. The van der Waals surface area contributed by atoms with Gasteiger partial charge >= 0.3 is 17.9 Å². The van der Waals surface area contributed by atoms with Crippen molar-refractivity contribution in [1.29, 1.82) is 0 Å².